The molecule has 142 valence electrons. The van der Waals surface area contributed by atoms with Gasteiger partial charge < -0.3 is 9.64 Å². The van der Waals surface area contributed by atoms with Gasteiger partial charge in [-0.05, 0) is 29.5 Å². The molecule has 0 amide bonds. The van der Waals surface area contributed by atoms with Crippen molar-refractivity contribution >= 4 is 45.1 Å². The van der Waals surface area contributed by atoms with E-state index in [-0.39, 0.29) is 5.97 Å². The van der Waals surface area contributed by atoms with Crippen LogP contribution in [0.4, 0.5) is 5.69 Å². The van der Waals surface area contributed by atoms with Gasteiger partial charge >= 0.3 is 5.97 Å². The predicted molar refractivity (Wildman–Crippen MR) is 118 cm³/mol. The molecule has 0 spiro atoms. The molecule has 0 bridgehead atoms. The van der Waals surface area contributed by atoms with Crippen LogP contribution < -0.4 is 0 Å². The number of nitrogens with zero attached hydrogens (tertiary/aromatic N) is 2. The molecule has 2 aromatic rings. The van der Waals surface area contributed by atoms with Gasteiger partial charge in [-0.1, -0.05) is 54.2 Å². The number of methoxy groups -OCH3 is 1. The molecule has 0 N–H and O–H groups in total. The average molecular weight is 401 g/mol. The Morgan fingerprint density at radius 1 is 1.11 bits per heavy atom. The summed E-state index contributed by atoms with van der Waals surface area (Å²) in [4.78, 5) is 18.8. The second-order valence-corrected chi connectivity index (χ2v) is 7.88. The van der Waals surface area contributed by atoms with E-state index >= 15 is 0 Å². The summed E-state index contributed by atoms with van der Waals surface area (Å²) in [5, 5.41) is 0. The highest BCUT2D eigenvalue weighted by atomic mass is 32.2. The third-order valence-electron chi connectivity index (χ3n) is 3.60. The standard InChI is InChI=1S/C21H24N2O2S2/c1-23(2)14-19(20(24)25-3)18-13-9-8-10-16(18)15-27-21(26-4)22-17-11-6-5-7-12-17/h5-14H,15H2,1-4H3/b19-14+,22-21+. The number of hydrogen-bond acceptors (Lipinski definition) is 6. The Morgan fingerprint density at radius 3 is 2.41 bits per heavy atom. The number of rotatable bonds is 6. The average Bonchev–Trinajstić information content (AvgIpc) is 2.69. The maximum Gasteiger partial charge on any atom is 0.339 e. The maximum atomic E-state index is 12.3. The molecule has 4 nitrogen and oxygen atoms in total. The summed E-state index contributed by atoms with van der Waals surface area (Å²) < 4.78 is 5.96. The van der Waals surface area contributed by atoms with Crippen LogP contribution >= 0.6 is 23.5 Å². The molecule has 0 heterocycles. The van der Waals surface area contributed by atoms with Crippen molar-refractivity contribution in [2.45, 2.75) is 5.75 Å². The van der Waals surface area contributed by atoms with Gasteiger partial charge in [0.25, 0.3) is 0 Å². The van der Waals surface area contributed by atoms with E-state index in [0.717, 1.165) is 21.2 Å². The molecule has 0 fully saturated rings. The van der Waals surface area contributed by atoms with Gasteiger partial charge in [0.15, 0.2) is 0 Å². The number of carbonyl (C=O) groups excluding carboxylic acids is 1. The lowest BCUT2D eigenvalue weighted by atomic mass is 10.0. The van der Waals surface area contributed by atoms with E-state index in [1.165, 1.54) is 7.11 Å². The third-order valence-corrected chi connectivity index (χ3v) is 5.69. The first-order valence-electron chi connectivity index (χ1n) is 8.40. The molecule has 0 unspecified atom stereocenters. The van der Waals surface area contributed by atoms with Crippen molar-refractivity contribution in [1.82, 2.24) is 4.90 Å². The van der Waals surface area contributed by atoms with Gasteiger partial charge in [-0.15, -0.1) is 11.8 Å². The van der Waals surface area contributed by atoms with Crippen molar-refractivity contribution in [3.63, 3.8) is 0 Å². The highest BCUT2D eigenvalue weighted by Gasteiger charge is 2.17. The van der Waals surface area contributed by atoms with Crippen LogP contribution in [-0.2, 0) is 15.3 Å². The number of benzene rings is 2. The van der Waals surface area contributed by atoms with E-state index < -0.39 is 0 Å². The van der Waals surface area contributed by atoms with Gasteiger partial charge in [-0.3, -0.25) is 0 Å². The summed E-state index contributed by atoms with van der Waals surface area (Å²) in [6.45, 7) is 0. The largest absolute Gasteiger partial charge is 0.465 e. The van der Waals surface area contributed by atoms with Crippen molar-refractivity contribution in [3.8, 4) is 0 Å². The Morgan fingerprint density at radius 2 is 1.78 bits per heavy atom. The van der Waals surface area contributed by atoms with Crippen LogP contribution in [-0.4, -0.2) is 42.7 Å². The van der Waals surface area contributed by atoms with Crippen LogP contribution in [0.15, 0.2) is 65.8 Å². The van der Waals surface area contributed by atoms with E-state index in [4.69, 9.17) is 9.73 Å². The third kappa shape index (κ3) is 6.48. The molecule has 0 saturated heterocycles. The molecule has 0 aliphatic heterocycles. The molecule has 27 heavy (non-hydrogen) atoms. The Bertz CT molecular complexity index is 818. The maximum absolute atomic E-state index is 12.3. The van der Waals surface area contributed by atoms with E-state index in [1.807, 2.05) is 79.8 Å². The first kappa shape index (κ1) is 21.1. The summed E-state index contributed by atoms with van der Waals surface area (Å²) in [5.41, 5.74) is 3.43. The predicted octanol–water partition coefficient (Wildman–Crippen LogP) is 5.05. The number of aliphatic imine (C=N–C) groups is 1. The lowest BCUT2D eigenvalue weighted by Crippen LogP contribution is -2.11. The molecule has 0 aliphatic carbocycles. The van der Waals surface area contributed by atoms with E-state index in [2.05, 4.69) is 0 Å². The minimum Gasteiger partial charge on any atom is -0.465 e. The van der Waals surface area contributed by atoms with Gasteiger partial charge in [0.2, 0.25) is 0 Å². The summed E-state index contributed by atoms with van der Waals surface area (Å²) >= 11 is 3.28. The molecular formula is C21H24N2O2S2. The Kier molecular flexibility index (Phi) is 8.48. The number of para-hydroxylation sites is 1. The molecule has 2 aromatic carbocycles. The van der Waals surface area contributed by atoms with Crippen LogP contribution in [0, 0.1) is 0 Å². The monoisotopic (exact) mass is 400 g/mol. The van der Waals surface area contributed by atoms with Gasteiger partial charge in [-0.2, -0.15) is 0 Å². The van der Waals surface area contributed by atoms with Crippen LogP contribution in [0.25, 0.3) is 5.57 Å². The molecular weight excluding hydrogens is 376 g/mol. The summed E-state index contributed by atoms with van der Waals surface area (Å²) in [6.07, 6.45) is 3.81. The minimum absolute atomic E-state index is 0.343. The van der Waals surface area contributed by atoms with Crippen LogP contribution in [0.5, 0.6) is 0 Å². The van der Waals surface area contributed by atoms with Crippen molar-refractivity contribution in [3.05, 3.63) is 71.9 Å². The quantitative estimate of drug-likeness (QED) is 0.294. The van der Waals surface area contributed by atoms with E-state index in [9.17, 15) is 4.79 Å². The van der Waals surface area contributed by atoms with Crippen molar-refractivity contribution in [2.75, 3.05) is 27.5 Å². The zero-order valence-electron chi connectivity index (χ0n) is 16.0. The number of carbonyl (C=O) groups is 1. The van der Waals surface area contributed by atoms with Crippen LogP contribution in [0.3, 0.4) is 0 Å². The zero-order chi connectivity index (χ0) is 19.6. The lowest BCUT2D eigenvalue weighted by molar-refractivity contribution is -0.133. The molecule has 0 saturated carbocycles. The topological polar surface area (TPSA) is 41.9 Å². The summed E-state index contributed by atoms with van der Waals surface area (Å²) in [6, 6.07) is 17.8. The molecule has 0 atom stereocenters. The number of thioether (sulfide) groups is 2. The smallest absolute Gasteiger partial charge is 0.339 e. The first-order valence-corrected chi connectivity index (χ1v) is 10.6. The Labute approximate surface area is 169 Å². The van der Waals surface area contributed by atoms with Crippen LogP contribution in [0.2, 0.25) is 0 Å². The second kappa shape index (κ2) is 10.8. The Balaban J connectivity index is 2.27. The van der Waals surface area contributed by atoms with Gasteiger partial charge in [0, 0.05) is 26.0 Å². The summed E-state index contributed by atoms with van der Waals surface area (Å²) in [7, 11) is 5.18. The fourth-order valence-electron chi connectivity index (χ4n) is 2.39. The minimum atomic E-state index is -0.343. The molecule has 0 radical (unpaired) electrons. The number of esters is 1. The van der Waals surface area contributed by atoms with E-state index in [1.54, 1.807) is 29.7 Å². The fraction of sp³-hybridized carbons (Fsp3) is 0.238. The van der Waals surface area contributed by atoms with Gasteiger partial charge in [-0.25, -0.2) is 9.79 Å². The van der Waals surface area contributed by atoms with Crippen molar-refractivity contribution in [1.29, 1.82) is 0 Å². The molecule has 0 aliphatic rings. The Hall–Kier alpha value is -2.18. The normalized spacial score (nSPS) is 12.0. The highest BCUT2D eigenvalue weighted by Crippen LogP contribution is 2.28. The van der Waals surface area contributed by atoms with Gasteiger partial charge in [0.1, 0.15) is 4.38 Å². The first-order chi connectivity index (χ1) is 13.0. The molecule has 6 heteroatoms. The zero-order valence-corrected chi connectivity index (χ0v) is 17.6. The molecule has 0 aromatic heterocycles. The van der Waals surface area contributed by atoms with E-state index in [0.29, 0.717) is 11.3 Å². The fourth-order valence-corrected chi connectivity index (χ4v) is 3.94. The lowest BCUT2D eigenvalue weighted by Gasteiger charge is -2.14. The summed E-state index contributed by atoms with van der Waals surface area (Å²) in [5.74, 6) is 0.369. The number of hydrogen-bond donors (Lipinski definition) is 0. The van der Waals surface area contributed by atoms with Crippen molar-refractivity contribution < 1.29 is 9.53 Å². The van der Waals surface area contributed by atoms with Crippen molar-refractivity contribution in [2.24, 2.45) is 4.99 Å². The van der Waals surface area contributed by atoms with Crippen LogP contribution in [0.1, 0.15) is 11.1 Å². The number of ether oxygens (including phenoxy) is 1. The van der Waals surface area contributed by atoms with Gasteiger partial charge in [0.05, 0.1) is 18.4 Å². The molecule has 2 rings (SSSR count). The highest BCUT2D eigenvalue weighted by molar-refractivity contribution is 8.38. The second-order valence-electron chi connectivity index (χ2n) is 5.86. The SMILES string of the molecule is COC(=O)/C(=C/N(C)C)c1ccccc1CS/C(=N/c1ccccc1)SC.